The topological polar surface area (TPSA) is 85.0 Å². The monoisotopic (exact) mass is 421 g/mol. The number of nitrogens with two attached hydrogens (primary N) is 1. The summed E-state index contributed by atoms with van der Waals surface area (Å²) >= 11 is 2.30. The van der Waals surface area contributed by atoms with Gasteiger partial charge in [-0.3, -0.25) is 10.1 Å². The van der Waals surface area contributed by atoms with Crippen molar-refractivity contribution in [3.8, 4) is 11.1 Å². The maximum Gasteiger partial charge on any atom is 0.270 e. The molecule has 0 spiro atoms. The van der Waals surface area contributed by atoms with Crippen molar-refractivity contribution in [1.29, 1.82) is 0 Å². The van der Waals surface area contributed by atoms with Gasteiger partial charge in [0.2, 0.25) is 0 Å². The predicted octanol–water partition coefficient (Wildman–Crippen LogP) is 4.24. The van der Waals surface area contributed by atoms with Crippen LogP contribution in [0, 0.1) is 13.7 Å². The summed E-state index contributed by atoms with van der Waals surface area (Å²) in [6.07, 6.45) is 1.69. The first-order valence-corrected chi connectivity index (χ1v) is 8.43. The van der Waals surface area contributed by atoms with E-state index in [0.29, 0.717) is 6.54 Å². The van der Waals surface area contributed by atoms with Crippen LogP contribution < -0.4 is 5.73 Å². The molecule has 23 heavy (non-hydrogen) atoms. The fourth-order valence-electron chi connectivity index (χ4n) is 2.81. The van der Waals surface area contributed by atoms with Crippen LogP contribution in [0.15, 0.2) is 42.5 Å². The third-order valence-electron chi connectivity index (χ3n) is 3.84. The molecular formula is C17H16IN3O2. The summed E-state index contributed by atoms with van der Waals surface area (Å²) in [6.45, 7) is 0.612. The van der Waals surface area contributed by atoms with Crippen molar-refractivity contribution < 1.29 is 4.92 Å². The first kappa shape index (κ1) is 15.9. The molecule has 3 rings (SSSR count). The predicted molar refractivity (Wildman–Crippen MR) is 100 cm³/mol. The number of hydrogen-bond acceptors (Lipinski definition) is 3. The standard InChI is InChI=1S/C17H16IN3O2/c18-14-7-2-6-13-16(15(8-3-9-19)20-17(13)14)11-4-1-5-12(10-11)21(22)23/h1-2,4-7,10,20H,3,8-9,19H2. The number of fused-ring (bicyclic) bond motifs is 1. The van der Waals surface area contributed by atoms with E-state index in [-0.39, 0.29) is 10.6 Å². The second kappa shape index (κ2) is 6.67. The van der Waals surface area contributed by atoms with E-state index in [2.05, 4.69) is 27.6 Å². The molecule has 0 aliphatic heterocycles. The number of nitrogens with one attached hydrogen (secondary N) is 1. The summed E-state index contributed by atoms with van der Waals surface area (Å²) in [6, 6.07) is 12.9. The molecule has 3 N–H and O–H groups in total. The molecule has 5 nitrogen and oxygen atoms in total. The third-order valence-corrected chi connectivity index (χ3v) is 4.74. The van der Waals surface area contributed by atoms with Crippen LogP contribution in [-0.4, -0.2) is 16.5 Å². The highest BCUT2D eigenvalue weighted by molar-refractivity contribution is 14.1. The van der Waals surface area contributed by atoms with E-state index in [9.17, 15) is 10.1 Å². The molecule has 3 aromatic rings. The number of aromatic nitrogens is 1. The van der Waals surface area contributed by atoms with Crippen molar-refractivity contribution in [2.24, 2.45) is 5.73 Å². The van der Waals surface area contributed by atoms with Gasteiger partial charge >= 0.3 is 0 Å². The minimum Gasteiger partial charge on any atom is -0.357 e. The Morgan fingerprint density at radius 3 is 2.74 bits per heavy atom. The van der Waals surface area contributed by atoms with E-state index < -0.39 is 0 Å². The Morgan fingerprint density at radius 1 is 1.22 bits per heavy atom. The number of benzene rings is 2. The molecular weight excluding hydrogens is 405 g/mol. The molecule has 2 aromatic carbocycles. The average molecular weight is 421 g/mol. The molecule has 0 fully saturated rings. The Kier molecular flexibility index (Phi) is 4.63. The fourth-order valence-corrected chi connectivity index (χ4v) is 3.44. The number of aromatic amines is 1. The molecule has 0 radical (unpaired) electrons. The third kappa shape index (κ3) is 3.09. The number of nitro groups is 1. The van der Waals surface area contributed by atoms with Crippen molar-refractivity contribution in [3.05, 3.63) is 61.8 Å². The second-order valence-electron chi connectivity index (χ2n) is 5.34. The van der Waals surface area contributed by atoms with Gasteiger partial charge in [0.05, 0.1) is 10.4 Å². The number of nitro benzene ring substituents is 1. The van der Waals surface area contributed by atoms with Crippen LogP contribution in [0.1, 0.15) is 12.1 Å². The molecule has 1 aromatic heterocycles. The van der Waals surface area contributed by atoms with Gasteiger partial charge in [-0.2, -0.15) is 0 Å². The summed E-state index contributed by atoms with van der Waals surface area (Å²) < 4.78 is 1.13. The highest BCUT2D eigenvalue weighted by Crippen LogP contribution is 2.36. The minimum atomic E-state index is -0.359. The lowest BCUT2D eigenvalue weighted by Crippen LogP contribution is -2.01. The van der Waals surface area contributed by atoms with E-state index in [1.165, 1.54) is 6.07 Å². The Labute approximate surface area is 147 Å². The summed E-state index contributed by atoms with van der Waals surface area (Å²) in [5.74, 6) is 0. The highest BCUT2D eigenvalue weighted by Gasteiger charge is 2.16. The van der Waals surface area contributed by atoms with Crippen LogP contribution in [0.5, 0.6) is 0 Å². The van der Waals surface area contributed by atoms with E-state index in [0.717, 1.165) is 44.1 Å². The zero-order valence-corrected chi connectivity index (χ0v) is 14.5. The summed E-state index contributed by atoms with van der Waals surface area (Å²) in [4.78, 5) is 14.2. The molecule has 0 atom stereocenters. The van der Waals surface area contributed by atoms with Gasteiger partial charge in [-0.25, -0.2) is 0 Å². The van der Waals surface area contributed by atoms with Crippen LogP contribution in [0.3, 0.4) is 0 Å². The SMILES string of the molecule is NCCCc1[nH]c2c(I)cccc2c1-c1cccc([N+](=O)[O-])c1. The summed E-state index contributed by atoms with van der Waals surface area (Å²) in [5.41, 5.74) is 9.80. The molecule has 0 amide bonds. The number of halogens is 1. The number of hydrogen-bond donors (Lipinski definition) is 2. The molecule has 0 aliphatic carbocycles. The maximum absolute atomic E-state index is 11.1. The smallest absolute Gasteiger partial charge is 0.270 e. The van der Waals surface area contributed by atoms with Gasteiger partial charge in [0, 0.05) is 32.3 Å². The van der Waals surface area contributed by atoms with Gasteiger partial charge in [0.1, 0.15) is 0 Å². The molecule has 0 saturated carbocycles. The number of nitrogens with zero attached hydrogens (tertiary/aromatic N) is 1. The average Bonchev–Trinajstić information content (AvgIpc) is 2.93. The van der Waals surface area contributed by atoms with E-state index in [1.54, 1.807) is 12.1 Å². The van der Waals surface area contributed by atoms with Crippen molar-refractivity contribution in [3.63, 3.8) is 0 Å². The van der Waals surface area contributed by atoms with Crippen LogP contribution in [0.2, 0.25) is 0 Å². The fraction of sp³-hybridized carbons (Fsp3) is 0.176. The van der Waals surface area contributed by atoms with E-state index >= 15 is 0 Å². The van der Waals surface area contributed by atoms with E-state index in [4.69, 9.17) is 5.73 Å². The van der Waals surface area contributed by atoms with Crippen LogP contribution in [0.4, 0.5) is 5.69 Å². The molecule has 0 bridgehead atoms. The van der Waals surface area contributed by atoms with Gasteiger partial charge < -0.3 is 10.7 Å². The zero-order valence-electron chi connectivity index (χ0n) is 12.4. The van der Waals surface area contributed by atoms with Crippen LogP contribution >= 0.6 is 22.6 Å². The van der Waals surface area contributed by atoms with Crippen LogP contribution in [0.25, 0.3) is 22.0 Å². The zero-order chi connectivity index (χ0) is 16.4. The van der Waals surface area contributed by atoms with Crippen molar-refractivity contribution in [2.75, 3.05) is 6.54 Å². The van der Waals surface area contributed by atoms with Gasteiger partial charge in [-0.15, -0.1) is 0 Å². The number of aryl methyl sites for hydroxylation is 1. The quantitative estimate of drug-likeness (QED) is 0.367. The molecule has 1 heterocycles. The van der Waals surface area contributed by atoms with Crippen molar-refractivity contribution in [1.82, 2.24) is 4.98 Å². The van der Waals surface area contributed by atoms with Crippen molar-refractivity contribution in [2.45, 2.75) is 12.8 Å². The molecule has 0 aliphatic rings. The number of H-pyrrole nitrogens is 1. The first-order chi connectivity index (χ1) is 11.1. The summed E-state index contributed by atoms with van der Waals surface area (Å²) in [7, 11) is 0. The number of para-hydroxylation sites is 1. The molecule has 6 heteroatoms. The first-order valence-electron chi connectivity index (χ1n) is 7.35. The minimum absolute atomic E-state index is 0.104. The lowest BCUT2D eigenvalue weighted by Gasteiger charge is -2.05. The van der Waals surface area contributed by atoms with Gasteiger partial charge in [0.25, 0.3) is 5.69 Å². The number of rotatable bonds is 5. The Bertz CT molecular complexity index is 873. The molecule has 0 saturated heterocycles. The molecule has 118 valence electrons. The normalized spacial score (nSPS) is 11.0. The largest absolute Gasteiger partial charge is 0.357 e. The Hall–Kier alpha value is -1.93. The highest BCUT2D eigenvalue weighted by atomic mass is 127. The molecule has 0 unspecified atom stereocenters. The number of non-ortho nitro benzene ring substituents is 1. The Balaban J connectivity index is 2.23. The van der Waals surface area contributed by atoms with Gasteiger partial charge in [-0.1, -0.05) is 24.3 Å². The van der Waals surface area contributed by atoms with Crippen LogP contribution in [-0.2, 0) is 6.42 Å². The lowest BCUT2D eigenvalue weighted by atomic mass is 9.99. The van der Waals surface area contributed by atoms with Crippen molar-refractivity contribution >= 4 is 39.2 Å². The maximum atomic E-state index is 11.1. The van der Waals surface area contributed by atoms with Gasteiger partial charge in [-0.05, 0) is 53.6 Å². The summed E-state index contributed by atoms with van der Waals surface area (Å²) in [5, 5.41) is 12.2. The lowest BCUT2D eigenvalue weighted by molar-refractivity contribution is -0.384. The Morgan fingerprint density at radius 2 is 2.00 bits per heavy atom. The second-order valence-corrected chi connectivity index (χ2v) is 6.50. The van der Waals surface area contributed by atoms with Gasteiger partial charge in [0.15, 0.2) is 0 Å². The van der Waals surface area contributed by atoms with E-state index in [1.807, 2.05) is 24.3 Å².